The zero-order valence-electron chi connectivity index (χ0n) is 22.2. The van der Waals surface area contributed by atoms with Gasteiger partial charge in [-0.25, -0.2) is 23.1 Å². The van der Waals surface area contributed by atoms with E-state index in [1.165, 1.54) is 17.3 Å². The highest BCUT2D eigenvalue weighted by atomic mass is 32.2. The van der Waals surface area contributed by atoms with Crippen molar-refractivity contribution in [1.29, 1.82) is 0 Å². The van der Waals surface area contributed by atoms with E-state index in [9.17, 15) is 23.3 Å². The van der Waals surface area contributed by atoms with E-state index in [0.717, 1.165) is 36.2 Å². The third kappa shape index (κ3) is 6.33. The zero-order chi connectivity index (χ0) is 29.0. The molecule has 3 aromatic carbocycles. The number of nitro groups is 1. The Balaban J connectivity index is 1.43. The standard InChI is InChI=1S/C29H27N5O6S/c1-40-24-8-4-5-20(17-24)9-14-27-26(28(35)32-41(38,39)25-12-10-23(11-13-25)34(36)37)18-30-29(31-27)33-16-15-21-6-2-3-7-22(21)19-33/h2-8,10-13,17-18H,9,14-16,19H2,1H3,(H,32,35). The predicted molar refractivity (Wildman–Crippen MR) is 151 cm³/mol. The van der Waals surface area contributed by atoms with Crippen LogP contribution in [0.3, 0.4) is 0 Å². The Morgan fingerprint density at radius 1 is 1.05 bits per heavy atom. The smallest absolute Gasteiger partial charge is 0.269 e. The number of carbonyl (C=O) groups is 1. The van der Waals surface area contributed by atoms with Crippen LogP contribution in [-0.4, -0.2) is 42.9 Å². The molecular weight excluding hydrogens is 546 g/mol. The van der Waals surface area contributed by atoms with Gasteiger partial charge in [0.2, 0.25) is 5.95 Å². The van der Waals surface area contributed by atoms with Crippen molar-refractivity contribution in [3.8, 4) is 5.75 Å². The lowest BCUT2D eigenvalue weighted by atomic mass is 10.0. The average Bonchev–Trinajstić information content (AvgIpc) is 2.99. The molecule has 0 bridgehead atoms. The van der Waals surface area contributed by atoms with E-state index in [1.54, 1.807) is 7.11 Å². The second-order valence-electron chi connectivity index (χ2n) is 9.51. The third-order valence-electron chi connectivity index (χ3n) is 6.88. The summed E-state index contributed by atoms with van der Waals surface area (Å²) in [6.45, 7) is 1.32. The number of sulfonamides is 1. The minimum absolute atomic E-state index is 0.0274. The highest BCUT2D eigenvalue weighted by molar-refractivity contribution is 7.90. The van der Waals surface area contributed by atoms with Gasteiger partial charge in [-0.05, 0) is 60.2 Å². The molecule has 0 spiro atoms. The largest absolute Gasteiger partial charge is 0.497 e. The van der Waals surface area contributed by atoms with E-state index in [0.29, 0.717) is 43.3 Å². The lowest BCUT2D eigenvalue weighted by molar-refractivity contribution is -0.384. The maximum absolute atomic E-state index is 13.3. The monoisotopic (exact) mass is 573 g/mol. The number of methoxy groups -OCH3 is 1. The van der Waals surface area contributed by atoms with Gasteiger partial charge in [0.1, 0.15) is 5.75 Å². The first-order chi connectivity index (χ1) is 19.7. The topological polar surface area (TPSA) is 145 Å². The number of hydrogen-bond acceptors (Lipinski definition) is 9. The molecule has 41 heavy (non-hydrogen) atoms. The molecule has 4 aromatic rings. The van der Waals surface area contributed by atoms with Crippen molar-refractivity contribution in [2.75, 3.05) is 18.6 Å². The molecule has 1 aliphatic rings. The fourth-order valence-electron chi connectivity index (χ4n) is 4.68. The first-order valence-electron chi connectivity index (χ1n) is 12.9. The van der Waals surface area contributed by atoms with Gasteiger partial charge in [0.05, 0.1) is 28.2 Å². The SMILES string of the molecule is COc1cccc(CCc2nc(N3CCc4ccccc4C3)ncc2C(=O)NS(=O)(=O)c2ccc([N+](=O)[O-])cc2)c1. The Hall–Kier alpha value is -4.84. The minimum Gasteiger partial charge on any atom is -0.497 e. The first kappa shape index (κ1) is 27.7. The molecule has 1 aromatic heterocycles. The number of ether oxygens (including phenoxy) is 1. The number of benzene rings is 3. The number of anilines is 1. The van der Waals surface area contributed by atoms with Crippen LogP contribution in [0.15, 0.2) is 83.9 Å². The number of nitro benzene ring substituents is 1. The maximum atomic E-state index is 13.3. The van der Waals surface area contributed by atoms with E-state index >= 15 is 0 Å². The second-order valence-corrected chi connectivity index (χ2v) is 11.2. The van der Waals surface area contributed by atoms with Crippen molar-refractivity contribution in [1.82, 2.24) is 14.7 Å². The third-order valence-corrected chi connectivity index (χ3v) is 8.23. The molecule has 210 valence electrons. The van der Waals surface area contributed by atoms with E-state index in [4.69, 9.17) is 9.72 Å². The highest BCUT2D eigenvalue weighted by Gasteiger charge is 2.25. The number of aryl methyl sites for hydroxylation is 2. The molecule has 0 unspecified atom stereocenters. The van der Waals surface area contributed by atoms with Crippen LogP contribution in [0, 0.1) is 10.1 Å². The van der Waals surface area contributed by atoms with Gasteiger partial charge in [0, 0.05) is 31.4 Å². The van der Waals surface area contributed by atoms with E-state index in [2.05, 4.69) is 21.8 Å². The molecule has 1 N–H and O–H groups in total. The van der Waals surface area contributed by atoms with E-state index in [-0.39, 0.29) is 16.1 Å². The number of hydrogen-bond donors (Lipinski definition) is 1. The fraction of sp³-hybridized carbons (Fsp3) is 0.207. The Morgan fingerprint density at radius 2 is 1.80 bits per heavy atom. The Morgan fingerprint density at radius 3 is 2.54 bits per heavy atom. The van der Waals surface area contributed by atoms with Gasteiger partial charge in [-0.1, -0.05) is 36.4 Å². The number of non-ortho nitro benzene ring substituents is 1. The molecule has 0 saturated carbocycles. The van der Waals surface area contributed by atoms with Gasteiger partial charge in [0.25, 0.3) is 21.6 Å². The summed E-state index contributed by atoms with van der Waals surface area (Å²) in [5, 5.41) is 10.9. The number of fused-ring (bicyclic) bond motifs is 1. The van der Waals surface area contributed by atoms with Crippen molar-refractivity contribution in [2.24, 2.45) is 0 Å². The number of amides is 1. The molecule has 5 rings (SSSR count). The molecule has 2 heterocycles. The van der Waals surface area contributed by atoms with Crippen molar-refractivity contribution in [3.05, 3.63) is 117 Å². The van der Waals surface area contributed by atoms with Gasteiger partial charge >= 0.3 is 0 Å². The van der Waals surface area contributed by atoms with Crippen LogP contribution in [0.4, 0.5) is 11.6 Å². The van der Waals surface area contributed by atoms with Crippen molar-refractivity contribution in [3.63, 3.8) is 0 Å². The molecule has 0 radical (unpaired) electrons. The predicted octanol–water partition coefficient (Wildman–Crippen LogP) is 3.86. The molecule has 0 atom stereocenters. The number of aromatic nitrogens is 2. The quantitative estimate of drug-likeness (QED) is 0.233. The normalized spacial score (nSPS) is 12.9. The van der Waals surface area contributed by atoms with Crippen molar-refractivity contribution >= 4 is 27.6 Å². The van der Waals surface area contributed by atoms with Crippen LogP contribution >= 0.6 is 0 Å². The molecule has 11 nitrogen and oxygen atoms in total. The zero-order valence-corrected chi connectivity index (χ0v) is 23.0. The summed E-state index contributed by atoms with van der Waals surface area (Å²) in [6, 6.07) is 20.0. The summed E-state index contributed by atoms with van der Waals surface area (Å²) >= 11 is 0. The lowest BCUT2D eigenvalue weighted by Gasteiger charge is -2.29. The van der Waals surface area contributed by atoms with Crippen LogP contribution in [0.1, 0.15) is 32.7 Å². The second kappa shape index (κ2) is 11.7. The Bertz CT molecular complexity index is 1710. The minimum atomic E-state index is -4.31. The van der Waals surface area contributed by atoms with Gasteiger partial charge in [0.15, 0.2) is 0 Å². The molecule has 0 saturated heterocycles. The lowest BCUT2D eigenvalue weighted by Crippen LogP contribution is -2.34. The average molecular weight is 574 g/mol. The fourth-order valence-corrected chi connectivity index (χ4v) is 5.65. The Labute approximate surface area is 237 Å². The summed E-state index contributed by atoms with van der Waals surface area (Å²) in [5.41, 5.74) is 3.57. The number of rotatable bonds is 9. The van der Waals surface area contributed by atoms with Crippen LogP contribution < -0.4 is 14.4 Å². The van der Waals surface area contributed by atoms with Crippen LogP contribution in [-0.2, 0) is 35.8 Å². The van der Waals surface area contributed by atoms with Gasteiger partial charge in [-0.15, -0.1) is 0 Å². The van der Waals surface area contributed by atoms with Crippen LogP contribution in [0.25, 0.3) is 0 Å². The maximum Gasteiger partial charge on any atom is 0.269 e. The summed E-state index contributed by atoms with van der Waals surface area (Å²) < 4.78 is 33.2. The molecule has 0 aliphatic carbocycles. The van der Waals surface area contributed by atoms with Crippen molar-refractivity contribution in [2.45, 2.75) is 30.7 Å². The molecule has 1 amide bonds. The summed E-state index contributed by atoms with van der Waals surface area (Å²) in [6.07, 6.45) is 3.04. The van der Waals surface area contributed by atoms with Crippen LogP contribution in [0.2, 0.25) is 0 Å². The highest BCUT2D eigenvalue weighted by Crippen LogP contribution is 2.24. The van der Waals surface area contributed by atoms with Gasteiger partial charge < -0.3 is 9.64 Å². The number of carbonyl (C=O) groups excluding carboxylic acids is 1. The van der Waals surface area contributed by atoms with E-state index in [1.807, 2.05) is 41.3 Å². The molecule has 1 aliphatic heterocycles. The molecule has 12 heteroatoms. The van der Waals surface area contributed by atoms with E-state index < -0.39 is 20.9 Å². The summed E-state index contributed by atoms with van der Waals surface area (Å²) in [5.74, 6) is 0.263. The molecular formula is C29H27N5O6S. The first-order valence-corrected chi connectivity index (χ1v) is 14.3. The van der Waals surface area contributed by atoms with Crippen molar-refractivity contribution < 1.29 is 22.9 Å². The van der Waals surface area contributed by atoms with Gasteiger partial charge in [-0.3, -0.25) is 14.9 Å². The van der Waals surface area contributed by atoms with Gasteiger partial charge in [-0.2, -0.15) is 0 Å². The Kier molecular flexibility index (Phi) is 7.92. The number of nitrogens with one attached hydrogen (secondary N) is 1. The summed E-state index contributed by atoms with van der Waals surface area (Å²) in [4.78, 5) is 34.5. The molecule has 0 fully saturated rings. The number of nitrogens with zero attached hydrogens (tertiary/aromatic N) is 4. The summed E-state index contributed by atoms with van der Waals surface area (Å²) in [7, 11) is -2.73. The van der Waals surface area contributed by atoms with Crippen LogP contribution in [0.5, 0.6) is 5.75 Å².